The van der Waals surface area contributed by atoms with Gasteiger partial charge >= 0.3 is 0 Å². The highest BCUT2D eigenvalue weighted by molar-refractivity contribution is 5.37. The van der Waals surface area contributed by atoms with Crippen LogP contribution in [0.15, 0.2) is 18.6 Å². The van der Waals surface area contributed by atoms with Crippen molar-refractivity contribution in [1.29, 1.82) is 0 Å². The number of terminal acetylenes is 1. The fraction of sp³-hybridized carbons (Fsp3) is 0.333. The predicted octanol–water partition coefficient (Wildman–Crippen LogP) is 0.934. The molecule has 3 nitrogen and oxygen atoms in total. The van der Waals surface area contributed by atoms with Gasteiger partial charge in [-0.2, -0.15) is 0 Å². The topological polar surface area (TPSA) is 29.0 Å². The third-order valence-corrected chi connectivity index (χ3v) is 1.73. The summed E-state index contributed by atoms with van der Waals surface area (Å²) in [6, 6.07) is 0.0432. The molecule has 0 aliphatic carbocycles. The smallest absolute Gasteiger partial charge is 0.147 e. The number of rotatable bonds is 2. The van der Waals surface area contributed by atoms with Crippen molar-refractivity contribution < 1.29 is 0 Å². The van der Waals surface area contributed by atoms with Crippen LogP contribution in [-0.2, 0) is 0 Å². The van der Waals surface area contributed by atoms with Crippen molar-refractivity contribution in [1.82, 2.24) is 9.97 Å². The molecule has 3 heteroatoms. The maximum Gasteiger partial charge on any atom is 0.147 e. The van der Waals surface area contributed by atoms with Gasteiger partial charge in [-0.1, -0.05) is 5.92 Å². The largest absolute Gasteiger partial charge is 0.345 e. The van der Waals surface area contributed by atoms with Crippen LogP contribution in [0.5, 0.6) is 0 Å². The fourth-order valence-corrected chi connectivity index (χ4v) is 0.784. The molecule has 0 saturated heterocycles. The molecular formula is C9H11N3. The number of nitrogens with zero attached hydrogens (tertiary/aromatic N) is 3. The molecule has 0 spiro atoms. The molecule has 0 radical (unpaired) electrons. The molecule has 0 saturated carbocycles. The Morgan fingerprint density at radius 2 is 2.33 bits per heavy atom. The second-order valence-electron chi connectivity index (χ2n) is 2.52. The van der Waals surface area contributed by atoms with E-state index in [1.807, 2.05) is 18.9 Å². The highest BCUT2D eigenvalue weighted by atomic mass is 15.2. The molecule has 1 heterocycles. The summed E-state index contributed by atoms with van der Waals surface area (Å²) in [5, 5.41) is 0. The number of hydrogen-bond donors (Lipinski definition) is 0. The lowest BCUT2D eigenvalue weighted by atomic mass is 10.3. The van der Waals surface area contributed by atoms with Gasteiger partial charge < -0.3 is 4.90 Å². The van der Waals surface area contributed by atoms with E-state index in [2.05, 4.69) is 15.9 Å². The minimum absolute atomic E-state index is 0.0432. The van der Waals surface area contributed by atoms with Gasteiger partial charge in [0.05, 0.1) is 12.2 Å². The van der Waals surface area contributed by atoms with Gasteiger partial charge in [-0.3, -0.25) is 4.98 Å². The lowest BCUT2D eigenvalue weighted by molar-refractivity contribution is 0.825. The Kier molecular flexibility index (Phi) is 2.65. The molecule has 0 aliphatic heterocycles. The van der Waals surface area contributed by atoms with Crippen LogP contribution < -0.4 is 4.90 Å². The summed E-state index contributed by atoms with van der Waals surface area (Å²) in [4.78, 5) is 9.96. The molecule has 0 N–H and O–H groups in total. The highest BCUT2D eigenvalue weighted by Gasteiger charge is 2.06. The van der Waals surface area contributed by atoms with Gasteiger partial charge in [0, 0.05) is 19.4 Å². The van der Waals surface area contributed by atoms with Crippen LogP contribution in [0, 0.1) is 12.3 Å². The molecule has 1 atom stereocenters. The number of hydrogen-bond acceptors (Lipinski definition) is 3. The van der Waals surface area contributed by atoms with Crippen molar-refractivity contribution in [2.75, 3.05) is 11.9 Å². The van der Waals surface area contributed by atoms with Crippen molar-refractivity contribution in [3.8, 4) is 12.3 Å². The molecule has 1 aromatic heterocycles. The molecule has 0 aromatic carbocycles. The first-order valence-corrected chi connectivity index (χ1v) is 3.70. The zero-order valence-corrected chi connectivity index (χ0v) is 7.23. The van der Waals surface area contributed by atoms with Crippen molar-refractivity contribution in [2.45, 2.75) is 13.0 Å². The van der Waals surface area contributed by atoms with Crippen molar-refractivity contribution in [2.24, 2.45) is 0 Å². The van der Waals surface area contributed by atoms with Crippen LogP contribution in [0.4, 0.5) is 5.82 Å². The summed E-state index contributed by atoms with van der Waals surface area (Å²) < 4.78 is 0. The van der Waals surface area contributed by atoms with Gasteiger partial charge in [0.15, 0.2) is 0 Å². The van der Waals surface area contributed by atoms with Crippen LogP contribution in [-0.4, -0.2) is 23.1 Å². The van der Waals surface area contributed by atoms with Gasteiger partial charge in [-0.15, -0.1) is 6.42 Å². The molecule has 1 unspecified atom stereocenters. The van der Waals surface area contributed by atoms with Gasteiger partial charge in [-0.25, -0.2) is 4.98 Å². The molecule has 1 rings (SSSR count). The van der Waals surface area contributed by atoms with Crippen LogP contribution in [0.1, 0.15) is 6.92 Å². The quantitative estimate of drug-likeness (QED) is 0.604. The van der Waals surface area contributed by atoms with Crippen molar-refractivity contribution in [3.63, 3.8) is 0 Å². The molecule has 0 aliphatic rings. The normalized spacial score (nSPS) is 11.8. The van der Waals surface area contributed by atoms with Gasteiger partial charge in [-0.05, 0) is 6.92 Å². The standard InChI is InChI=1S/C9H11N3/c1-4-8(2)12(3)9-7-10-5-6-11-9/h1,5-8H,2-3H3. The zero-order chi connectivity index (χ0) is 8.97. The summed E-state index contributed by atoms with van der Waals surface area (Å²) >= 11 is 0. The first-order chi connectivity index (χ1) is 5.75. The molecule has 0 amide bonds. The minimum atomic E-state index is 0.0432. The second kappa shape index (κ2) is 3.72. The number of aromatic nitrogens is 2. The van der Waals surface area contributed by atoms with Crippen LogP contribution in [0.2, 0.25) is 0 Å². The zero-order valence-electron chi connectivity index (χ0n) is 7.23. The van der Waals surface area contributed by atoms with Crippen molar-refractivity contribution in [3.05, 3.63) is 18.6 Å². The molecule has 62 valence electrons. The van der Waals surface area contributed by atoms with Crippen molar-refractivity contribution >= 4 is 5.82 Å². The monoisotopic (exact) mass is 161 g/mol. The summed E-state index contributed by atoms with van der Waals surface area (Å²) in [5.74, 6) is 3.42. The Labute approximate surface area is 72.5 Å². The van der Waals surface area contributed by atoms with Gasteiger partial charge in [0.25, 0.3) is 0 Å². The summed E-state index contributed by atoms with van der Waals surface area (Å²) in [5.41, 5.74) is 0. The molecule has 0 bridgehead atoms. The second-order valence-corrected chi connectivity index (χ2v) is 2.52. The van der Waals surface area contributed by atoms with Crippen LogP contribution in [0.3, 0.4) is 0 Å². The van der Waals surface area contributed by atoms with E-state index in [4.69, 9.17) is 6.42 Å². The van der Waals surface area contributed by atoms with Crippen LogP contribution in [0.25, 0.3) is 0 Å². The Morgan fingerprint density at radius 3 is 2.83 bits per heavy atom. The molecule has 12 heavy (non-hydrogen) atoms. The maximum absolute atomic E-state index is 5.27. The average molecular weight is 161 g/mol. The first-order valence-electron chi connectivity index (χ1n) is 3.70. The lowest BCUT2D eigenvalue weighted by Crippen LogP contribution is -2.27. The summed E-state index contributed by atoms with van der Waals surface area (Å²) in [6.45, 7) is 1.94. The molecule has 1 aromatic rings. The fourth-order valence-electron chi connectivity index (χ4n) is 0.784. The van der Waals surface area contributed by atoms with E-state index in [0.717, 1.165) is 5.82 Å². The van der Waals surface area contributed by atoms with E-state index in [-0.39, 0.29) is 6.04 Å². The van der Waals surface area contributed by atoms with Gasteiger partial charge in [0.1, 0.15) is 5.82 Å². The Hall–Kier alpha value is -1.56. The molecule has 0 fully saturated rings. The highest BCUT2D eigenvalue weighted by Crippen LogP contribution is 2.07. The minimum Gasteiger partial charge on any atom is -0.345 e. The number of anilines is 1. The maximum atomic E-state index is 5.27. The van der Waals surface area contributed by atoms with Crippen LogP contribution >= 0.6 is 0 Å². The van der Waals surface area contributed by atoms with E-state index in [0.29, 0.717) is 0 Å². The average Bonchev–Trinajstić information content (AvgIpc) is 2.17. The predicted molar refractivity (Wildman–Crippen MR) is 48.7 cm³/mol. The third-order valence-electron chi connectivity index (χ3n) is 1.73. The first kappa shape index (κ1) is 8.54. The van der Waals surface area contributed by atoms with Gasteiger partial charge in [0.2, 0.25) is 0 Å². The Balaban J connectivity index is 2.80. The van der Waals surface area contributed by atoms with E-state index in [1.54, 1.807) is 18.6 Å². The summed E-state index contributed by atoms with van der Waals surface area (Å²) in [7, 11) is 1.90. The SMILES string of the molecule is C#CC(C)N(C)c1cnccn1. The Morgan fingerprint density at radius 1 is 1.58 bits per heavy atom. The Bertz CT molecular complexity index is 276. The van der Waals surface area contributed by atoms with E-state index in [1.165, 1.54) is 0 Å². The lowest BCUT2D eigenvalue weighted by Gasteiger charge is -2.20. The van der Waals surface area contributed by atoms with E-state index < -0.39 is 0 Å². The summed E-state index contributed by atoms with van der Waals surface area (Å²) in [6.07, 6.45) is 10.2. The van der Waals surface area contributed by atoms with E-state index >= 15 is 0 Å². The third kappa shape index (κ3) is 1.73. The van der Waals surface area contributed by atoms with E-state index in [9.17, 15) is 0 Å². The molecular weight excluding hydrogens is 150 g/mol.